The van der Waals surface area contributed by atoms with Crippen LogP contribution in [-0.4, -0.2) is 36.4 Å². The maximum Gasteiger partial charge on any atom is 0.222 e. The zero-order chi connectivity index (χ0) is 16.8. The van der Waals surface area contributed by atoms with Gasteiger partial charge in [-0.05, 0) is 30.4 Å². The summed E-state index contributed by atoms with van der Waals surface area (Å²) in [5.74, 6) is 1.15. The number of halogens is 1. The molecule has 6 heteroatoms. The molecule has 1 aromatic rings. The summed E-state index contributed by atoms with van der Waals surface area (Å²) in [5.41, 5.74) is 2.41. The molecule has 25 heavy (non-hydrogen) atoms. The lowest BCUT2D eigenvalue weighted by Crippen LogP contribution is -2.41. The lowest BCUT2D eigenvalue weighted by Gasteiger charge is -2.18. The summed E-state index contributed by atoms with van der Waals surface area (Å²) in [6.45, 7) is 2.36. The van der Waals surface area contributed by atoms with E-state index in [2.05, 4.69) is 39.9 Å². The van der Waals surface area contributed by atoms with Crippen LogP contribution in [0.5, 0.6) is 0 Å². The van der Waals surface area contributed by atoms with E-state index in [1.54, 1.807) is 0 Å². The summed E-state index contributed by atoms with van der Waals surface area (Å²) < 4.78 is 0. The number of rotatable bonds is 5. The van der Waals surface area contributed by atoms with Crippen LogP contribution in [0, 0.1) is 0 Å². The molecule has 1 aliphatic heterocycles. The van der Waals surface area contributed by atoms with Gasteiger partial charge in [-0.1, -0.05) is 37.1 Å². The van der Waals surface area contributed by atoms with Crippen molar-refractivity contribution in [3.05, 3.63) is 35.4 Å². The minimum absolute atomic E-state index is 0. The van der Waals surface area contributed by atoms with E-state index in [9.17, 15) is 4.79 Å². The van der Waals surface area contributed by atoms with Gasteiger partial charge in [-0.3, -0.25) is 9.79 Å². The monoisotopic (exact) mass is 456 g/mol. The number of likely N-dealkylation sites (tertiary alicyclic amines) is 1. The van der Waals surface area contributed by atoms with Gasteiger partial charge in [-0.2, -0.15) is 0 Å². The molecule has 3 rings (SSSR count). The summed E-state index contributed by atoms with van der Waals surface area (Å²) >= 11 is 0. The van der Waals surface area contributed by atoms with Gasteiger partial charge >= 0.3 is 0 Å². The Kier molecular flexibility index (Phi) is 7.99. The first-order valence-corrected chi connectivity index (χ1v) is 9.07. The molecule has 0 atom stereocenters. The van der Waals surface area contributed by atoms with Crippen LogP contribution in [-0.2, 0) is 17.9 Å². The van der Waals surface area contributed by atoms with Crippen molar-refractivity contribution in [1.82, 2.24) is 15.5 Å². The Morgan fingerprint density at radius 1 is 1.24 bits per heavy atom. The molecule has 1 saturated heterocycles. The molecule has 1 aromatic carbocycles. The van der Waals surface area contributed by atoms with E-state index in [0.717, 1.165) is 32.0 Å². The van der Waals surface area contributed by atoms with Crippen LogP contribution in [0.4, 0.5) is 0 Å². The van der Waals surface area contributed by atoms with Crippen molar-refractivity contribution < 1.29 is 4.79 Å². The van der Waals surface area contributed by atoms with Crippen LogP contribution in [0.1, 0.15) is 49.7 Å². The number of aliphatic imine (C=N–C) groups is 1. The average molecular weight is 456 g/mol. The highest BCUT2D eigenvalue weighted by Crippen LogP contribution is 2.17. The van der Waals surface area contributed by atoms with Crippen LogP contribution >= 0.6 is 24.0 Å². The lowest BCUT2D eigenvalue weighted by molar-refractivity contribution is -0.128. The second-order valence-electron chi connectivity index (χ2n) is 6.79. The molecule has 2 fully saturated rings. The topological polar surface area (TPSA) is 56.7 Å². The number of hydrogen-bond donors (Lipinski definition) is 2. The van der Waals surface area contributed by atoms with Gasteiger partial charge in [0.05, 0.1) is 0 Å². The maximum atomic E-state index is 11.8. The Labute approximate surface area is 167 Å². The zero-order valence-corrected chi connectivity index (χ0v) is 17.3. The molecule has 0 spiro atoms. The summed E-state index contributed by atoms with van der Waals surface area (Å²) in [6.07, 6.45) is 6.78. The van der Waals surface area contributed by atoms with Crippen LogP contribution in [0.2, 0.25) is 0 Å². The second-order valence-corrected chi connectivity index (χ2v) is 6.79. The third-order valence-corrected chi connectivity index (χ3v) is 4.92. The number of amides is 1. The number of carbonyl (C=O) groups is 1. The van der Waals surface area contributed by atoms with E-state index < -0.39 is 0 Å². The SMILES string of the molecule is CN=C(NCc1cccc(CN2CCCC2=O)c1)NC1CCCC1.I. The summed E-state index contributed by atoms with van der Waals surface area (Å²) in [6, 6.07) is 9.02. The van der Waals surface area contributed by atoms with Crippen LogP contribution in [0.15, 0.2) is 29.3 Å². The predicted octanol–water partition coefficient (Wildman–Crippen LogP) is 3.03. The Morgan fingerprint density at radius 2 is 2.00 bits per heavy atom. The largest absolute Gasteiger partial charge is 0.354 e. The van der Waals surface area contributed by atoms with E-state index in [1.807, 2.05) is 11.9 Å². The van der Waals surface area contributed by atoms with Gasteiger partial charge < -0.3 is 15.5 Å². The smallest absolute Gasteiger partial charge is 0.222 e. The van der Waals surface area contributed by atoms with E-state index in [4.69, 9.17) is 0 Å². The Balaban J connectivity index is 0.00000225. The van der Waals surface area contributed by atoms with Crippen molar-refractivity contribution in [3.63, 3.8) is 0 Å². The van der Waals surface area contributed by atoms with Gasteiger partial charge in [0, 0.05) is 39.1 Å². The molecule has 5 nitrogen and oxygen atoms in total. The van der Waals surface area contributed by atoms with Crippen molar-refractivity contribution >= 4 is 35.8 Å². The predicted molar refractivity (Wildman–Crippen MR) is 112 cm³/mol. The quantitative estimate of drug-likeness (QED) is 0.407. The highest BCUT2D eigenvalue weighted by atomic mass is 127. The molecule has 1 saturated carbocycles. The number of nitrogens with one attached hydrogen (secondary N) is 2. The molecule has 138 valence electrons. The first kappa shape index (κ1) is 20.0. The first-order valence-electron chi connectivity index (χ1n) is 9.07. The number of hydrogen-bond acceptors (Lipinski definition) is 2. The first-order chi connectivity index (χ1) is 11.7. The van der Waals surface area contributed by atoms with Crippen molar-refractivity contribution in [3.8, 4) is 0 Å². The molecule has 0 aromatic heterocycles. The van der Waals surface area contributed by atoms with Gasteiger partial charge in [0.15, 0.2) is 5.96 Å². The second kappa shape index (κ2) is 9.99. The summed E-state index contributed by atoms with van der Waals surface area (Å²) in [4.78, 5) is 18.0. The lowest BCUT2D eigenvalue weighted by atomic mass is 10.1. The fraction of sp³-hybridized carbons (Fsp3) is 0.579. The van der Waals surface area contributed by atoms with Gasteiger partial charge in [0.1, 0.15) is 0 Å². The number of guanidine groups is 1. The van der Waals surface area contributed by atoms with Gasteiger partial charge in [-0.15, -0.1) is 24.0 Å². The number of nitrogens with zero attached hydrogens (tertiary/aromatic N) is 2. The minimum atomic E-state index is 0. The standard InChI is InChI=1S/C19H28N4O.HI/c1-20-19(22-17-8-2-3-9-17)21-13-15-6-4-7-16(12-15)14-23-11-5-10-18(23)24;/h4,6-7,12,17H,2-3,5,8-11,13-14H2,1H3,(H2,20,21,22);1H. The van der Waals surface area contributed by atoms with Crippen LogP contribution in [0.3, 0.4) is 0 Å². The van der Waals surface area contributed by atoms with Gasteiger partial charge in [0.2, 0.25) is 5.91 Å². The van der Waals surface area contributed by atoms with Crippen molar-refractivity contribution in [1.29, 1.82) is 0 Å². The van der Waals surface area contributed by atoms with Crippen molar-refractivity contribution in [2.45, 2.75) is 57.7 Å². The van der Waals surface area contributed by atoms with Gasteiger partial charge in [-0.25, -0.2) is 0 Å². The maximum absolute atomic E-state index is 11.8. The average Bonchev–Trinajstić information content (AvgIpc) is 3.24. The van der Waals surface area contributed by atoms with Gasteiger partial charge in [0.25, 0.3) is 0 Å². The van der Waals surface area contributed by atoms with Crippen molar-refractivity contribution in [2.24, 2.45) is 4.99 Å². The zero-order valence-electron chi connectivity index (χ0n) is 15.0. The van der Waals surface area contributed by atoms with E-state index >= 15 is 0 Å². The molecule has 0 radical (unpaired) electrons. The molecular formula is C19H29IN4O. The summed E-state index contributed by atoms with van der Waals surface area (Å²) in [7, 11) is 1.82. The Bertz CT molecular complexity index is 599. The van der Waals surface area contributed by atoms with Crippen molar-refractivity contribution in [2.75, 3.05) is 13.6 Å². The molecule has 1 aliphatic carbocycles. The molecule has 1 amide bonds. The highest BCUT2D eigenvalue weighted by Gasteiger charge is 2.20. The van der Waals surface area contributed by atoms with Crippen LogP contribution < -0.4 is 10.6 Å². The Morgan fingerprint density at radius 3 is 2.68 bits per heavy atom. The molecule has 2 aliphatic rings. The van der Waals surface area contributed by atoms with E-state index in [1.165, 1.54) is 36.8 Å². The number of benzene rings is 1. The minimum Gasteiger partial charge on any atom is -0.354 e. The fourth-order valence-electron chi connectivity index (χ4n) is 3.57. The molecule has 0 unspecified atom stereocenters. The fourth-order valence-corrected chi connectivity index (χ4v) is 3.57. The number of carbonyl (C=O) groups excluding carboxylic acids is 1. The summed E-state index contributed by atoms with van der Waals surface area (Å²) in [5, 5.41) is 6.90. The Hall–Kier alpha value is -1.31. The normalized spacial score (nSPS) is 18.4. The molecule has 2 N–H and O–H groups in total. The molecular weight excluding hydrogens is 427 g/mol. The third-order valence-electron chi connectivity index (χ3n) is 4.92. The van der Waals surface area contributed by atoms with Crippen LogP contribution in [0.25, 0.3) is 0 Å². The van der Waals surface area contributed by atoms with E-state index in [0.29, 0.717) is 12.5 Å². The highest BCUT2D eigenvalue weighted by molar-refractivity contribution is 14.0. The van der Waals surface area contributed by atoms with E-state index in [-0.39, 0.29) is 29.9 Å². The molecule has 0 bridgehead atoms. The molecule has 1 heterocycles. The third kappa shape index (κ3) is 5.87.